The van der Waals surface area contributed by atoms with Crippen molar-refractivity contribution in [2.45, 2.75) is 58.8 Å². The lowest BCUT2D eigenvalue weighted by atomic mass is 9.81. The Morgan fingerprint density at radius 3 is 2.72 bits per heavy atom. The van der Waals surface area contributed by atoms with E-state index in [-0.39, 0.29) is 12.1 Å². The van der Waals surface area contributed by atoms with Gasteiger partial charge in [-0.3, -0.25) is 4.68 Å². The van der Waals surface area contributed by atoms with Gasteiger partial charge < -0.3 is 18.8 Å². The van der Waals surface area contributed by atoms with Crippen molar-refractivity contribution in [3.8, 4) is 16.9 Å². The lowest BCUT2D eigenvalue weighted by Gasteiger charge is -2.37. The molecule has 0 amide bonds. The number of nitrogens with zero attached hydrogens (tertiary/aromatic N) is 3. The number of hydrogen-bond donors (Lipinski definition) is 0. The van der Waals surface area contributed by atoms with Gasteiger partial charge in [-0.05, 0) is 62.6 Å². The fourth-order valence-electron chi connectivity index (χ4n) is 6.84. The fraction of sp³-hybridized carbons (Fsp3) is 0.371. The van der Waals surface area contributed by atoms with E-state index in [1.165, 1.54) is 0 Å². The van der Waals surface area contributed by atoms with E-state index >= 15 is 0 Å². The van der Waals surface area contributed by atoms with Crippen LogP contribution in [0.5, 0.6) is 5.75 Å². The second kappa shape index (κ2) is 11.4. The Bertz CT molecular complexity index is 1850. The van der Waals surface area contributed by atoms with Gasteiger partial charge in [0.2, 0.25) is 0 Å². The van der Waals surface area contributed by atoms with Crippen LogP contribution in [0, 0.1) is 12.8 Å². The summed E-state index contributed by atoms with van der Waals surface area (Å²) >= 11 is 7.03. The lowest BCUT2D eigenvalue weighted by molar-refractivity contribution is -0.0622. The summed E-state index contributed by atoms with van der Waals surface area (Å²) in [6.07, 6.45) is 3.57. The number of benzene rings is 3. The third-order valence-corrected chi connectivity index (χ3v) is 9.50. The van der Waals surface area contributed by atoms with Crippen molar-refractivity contribution in [1.29, 1.82) is 0 Å². The Morgan fingerprint density at radius 1 is 1.07 bits per heavy atom. The van der Waals surface area contributed by atoms with Gasteiger partial charge in [-0.25, -0.2) is 4.79 Å². The number of aryl methyl sites for hydroxylation is 2. The van der Waals surface area contributed by atoms with Crippen LogP contribution in [0.15, 0.2) is 54.6 Å². The first-order valence-electron chi connectivity index (χ1n) is 15.2. The summed E-state index contributed by atoms with van der Waals surface area (Å²) in [6.45, 7) is 5.85. The van der Waals surface area contributed by atoms with Crippen molar-refractivity contribution < 1.29 is 19.0 Å². The number of aromatic nitrogens is 3. The Balaban J connectivity index is 1.34. The van der Waals surface area contributed by atoms with Gasteiger partial charge in [0, 0.05) is 47.1 Å². The van der Waals surface area contributed by atoms with Crippen LogP contribution in [0.4, 0.5) is 0 Å². The molecule has 2 aliphatic rings. The lowest BCUT2D eigenvalue weighted by Crippen LogP contribution is -2.38. The molecule has 5 aromatic rings. The van der Waals surface area contributed by atoms with E-state index in [2.05, 4.69) is 35.8 Å². The zero-order valence-corrected chi connectivity index (χ0v) is 25.6. The standard InChI is InChI=1S/C35H36ClN3O4/c1-4-41-35(40)34-25(12-8-18-42-30-13-7-10-22-9-5-6-11-24(22)30)26-15-16-27(36)32-31-21(2)38(3)37-28(31)20-43-29-17-14-23(29)19-39(34)33(26)32/h5-7,9-11,13,15-16,23,29H,4,8,12,14,17-20H2,1-3H3. The van der Waals surface area contributed by atoms with Gasteiger partial charge in [0.15, 0.2) is 0 Å². The van der Waals surface area contributed by atoms with Crippen molar-refractivity contribution in [2.24, 2.45) is 13.0 Å². The van der Waals surface area contributed by atoms with E-state index < -0.39 is 0 Å². The smallest absolute Gasteiger partial charge is 0.355 e. The zero-order chi connectivity index (χ0) is 29.7. The zero-order valence-electron chi connectivity index (χ0n) is 24.9. The molecule has 2 aromatic heterocycles. The molecule has 1 aliphatic heterocycles. The van der Waals surface area contributed by atoms with Gasteiger partial charge in [0.1, 0.15) is 11.4 Å². The largest absolute Gasteiger partial charge is 0.493 e. The molecule has 222 valence electrons. The second-order valence-corrected chi connectivity index (χ2v) is 12.0. The fourth-order valence-corrected chi connectivity index (χ4v) is 7.09. The topological polar surface area (TPSA) is 67.5 Å². The molecule has 1 aliphatic carbocycles. The summed E-state index contributed by atoms with van der Waals surface area (Å²) in [5.74, 6) is 0.862. The van der Waals surface area contributed by atoms with E-state index in [0.29, 0.717) is 49.4 Å². The van der Waals surface area contributed by atoms with E-state index in [4.69, 9.17) is 30.9 Å². The Kier molecular flexibility index (Phi) is 7.39. The molecule has 7 nitrogen and oxygen atoms in total. The number of ether oxygens (including phenoxy) is 3. The van der Waals surface area contributed by atoms with Crippen LogP contribution in [-0.2, 0) is 36.1 Å². The van der Waals surface area contributed by atoms with Crippen molar-refractivity contribution in [2.75, 3.05) is 13.2 Å². The molecule has 1 fully saturated rings. The maximum Gasteiger partial charge on any atom is 0.355 e. The molecule has 8 heteroatoms. The minimum Gasteiger partial charge on any atom is -0.493 e. The van der Waals surface area contributed by atoms with Crippen molar-refractivity contribution in [3.05, 3.63) is 82.3 Å². The number of halogens is 1. The monoisotopic (exact) mass is 597 g/mol. The van der Waals surface area contributed by atoms with Crippen LogP contribution in [0.2, 0.25) is 5.02 Å². The highest BCUT2D eigenvalue weighted by atomic mass is 35.5. The minimum absolute atomic E-state index is 0.126. The average Bonchev–Trinajstić information content (AvgIpc) is 3.46. The number of fused-ring (bicyclic) bond motifs is 4. The van der Waals surface area contributed by atoms with Crippen LogP contribution in [0.25, 0.3) is 32.8 Å². The van der Waals surface area contributed by atoms with E-state index in [1.807, 2.05) is 49.0 Å². The van der Waals surface area contributed by atoms with Crippen LogP contribution in [-0.4, -0.2) is 39.6 Å². The molecule has 2 unspecified atom stereocenters. The number of esters is 1. The third-order valence-electron chi connectivity index (χ3n) is 9.18. The predicted octanol–water partition coefficient (Wildman–Crippen LogP) is 7.65. The van der Waals surface area contributed by atoms with Crippen molar-refractivity contribution in [3.63, 3.8) is 0 Å². The van der Waals surface area contributed by atoms with Gasteiger partial charge in [-0.1, -0.05) is 54.1 Å². The summed E-state index contributed by atoms with van der Waals surface area (Å²) in [6, 6.07) is 18.4. The summed E-state index contributed by atoms with van der Waals surface area (Å²) in [5, 5.41) is 8.74. The molecule has 1 saturated carbocycles. The summed E-state index contributed by atoms with van der Waals surface area (Å²) < 4.78 is 22.5. The highest BCUT2D eigenvalue weighted by Gasteiger charge is 2.37. The summed E-state index contributed by atoms with van der Waals surface area (Å²) in [5.41, 5.74) is 6.34. The van der Waals surface area contributed by atoms with Gasteiger partial charge >= 0.3 is 5.97 Å². The predicted molar refractivity (Wildman–Crippen MR) is 169 cm³/mol. The molecule has 0 saturated heterocycles. The quantitative estimate of drug-likeness (QED) is 0.142. The first-order chi connectivity index (χ1) is 21.0. The molecule has 43 heavy (non-hydrogen) atoms. The van der Waals surface area contributed by atoms with Crippen LogP contribution >= 0.6 is 11.6 Å². The Hall–Kier alpha value is -3.81. The van der Waals surface area contributed by atoms with E-state index in [1.54, 1.807) is 0 Å². The molecule has 3 aromatic carbocycles. The van der Waals surface area contributed by atoms with Gasteiger partial charge in [-0.2, -0.15) is 5.10 Å². The molecular weight excluding hydrogens is 562 g/mol. The van der Waals surface area contributed by atoms with Crippen molar-refractivity contribution >= 4 is 39.2 Å². The van der Waals surface area contributed by atoms with Gasteiger partial charge in [0.25, 0.3) is 0 Å². The molecule has 0 N–H and O–H groups in total. The van der Waals surface area contributed by atoms with E-state index in [9.17, 15) is 4.79 Å². The molecule has 0 radical (unpaired) electrons. The molecular formula is C35H36ClN3O4. The highest BCUT2D eigenvalue weighted by Crippen LogP contribution is 2.45. The molecule has 2 atom stereocenters. The maximum atomic E-state index is 13.8. The normalized spacial score (nSPS) is 17.8. The van der Waals surface area contributed by atoms with Crippen LogP contribution in [0.1, 0.15) is 53.6 Å². The number of carbonyl (C=O) groups is 1. The van der Waals surface area contributed by atoms with Crippen molar-refractivity contribution in [1.82, 2.24) is 14.3 Å². The average molecular weight is 598 g/mol. The first kappa shape index (κ1) is 28.0. The molecule has 3 heterocycles. The Morgan fingerprint density at radius 2 is 1.91 bits per heavy atom. The highest BCUT2D eigenvalue weighted by molar-refractivity contribution is 6.35. The number of rotatable bonds is 7. The molecule has 0 spiro atoms. The second-order valence-electron chi connectivity index (χ2n) is 11.6. The number of hydrogen-bond acceptors (Lipinski definition) is 5. The SMILES string of the molecule is CCOC(=O)c1c(CCCOc2cccc3ccccc23)c2ccc(Cl)c3c2n1CC1CCC1OCc1nn(C)c(C)c1-3. The van der Waals surface area contributed by atoms with Gasteiger partial charge in [0.05, 0.1) is 42.2 Å². The first-order valence-corrected chi connectivity index (χ1v) is 15.6. The summed E-state index contributed by atoms with van der Waals surface area (Å²) in [4.78, 5) is 13.8. The molecule has 0 bridgehead atoms. The van der Waals surface area contributed by atoms with Gasteiger partial charge in [-0.15, -0.1) is 0 Å². The van der Waals surface area contributed by atoms with Crippen LogP contribution in [0.3, 0.4) is 0 Å². The minimum atomic E-state index is -0.303. The van der Waals surface area contributed by atoms with E-state index in [0.717, 1.165) is 74.8 Å². The maximum absolute atomic E-state index is 13.8. The molecule has 7 rings (SSSR count). The third kappa shape index (κ3) is 4.79. The van der Waals surface area contributed by atoms with Crippen LogP contribution < -0.4 is 4.74 Å². The number of carbonyl (C=O) groups excluding carboxylic acids is 1. The Labute approximate surface area is 256 Å². The summed E-state index contributed by atoms with van der Waals surface area (Å²) in [7, 11) is 1.95.